The molecule has 5 rings (SSSR count). The SMILES string of the molecule is O=C(CSc1nnc(-c2ccncc2)n1Cc1ccccc1)N(C1=CCCCC1)C1CC1. The minimum atomic E-state index is 0.186. The van der Waals surface area contributed by atoms with Crippen LogP contribution in [0.25, 0.3) is 11.4 Å². The van der Waals surface area contributed by atoms with Crippen LogP contribution in [0.3, 0.4) is 0 Å². The number of hydrogen-bond acceptors (Lipinski definition) is 5. The van der Waals surface area contributed by atoms with E-state index >= 15 is 0 Å². The summed E-state index contributed by atoms with van der Waals surface area (Å²) < 4.78 is 2.10. The molecular formula is C25H27N5OS. The first kappa shape index (κ1) is 20.9. The minimum absolute atomic E-state index is 0.186. The van der Waals surface area contributed by atoms with Gasteiger partial charge in [-0.05, 0) is 56.2 Å². The summed E-state index contributed by atoms with van der Waals surface area (Å²) in [5.41, 5.74) is 3.36. The van der Waals surface area contributed by atoms with Gasteiger partial charge in [0.15, 0.2) is 11.0 Å². The van der Waals surface area contributed by atoms with Crippen molar-refractivity contribution in [3.8, 4) is 11.4 Å². The number of aromatic nitrogens is 4. The van der Waals surface area contributed by atoms with Crippen molar-refractivity contribution in [3.05, 3.63) is 72.2 Å². The number of pyridine rings is 1. The Morgan fingerprint density at radius 1 is 1.06 bits per heavy atom. The van der Waals surface area contributed by atoms with Crippen LogP contribution in [-0.4, -0.2) is 42.4 Å². The second-order valence-electron chi connectivity index (χ2n) is 8.34. The highest BCUT2D eigenvalue weighted by molar-refractivity contribution is 7.99. The highest BCUT2D eigenvalue weighted by Crippen LogP contribution is 2.35. The summed E-state index contributed by atoms with van der Waals surface area (Å²) in [6, 6.07) is 14.6. The molecule has 0 bridgehead atoms. The molecule has 2 aromatic heterocycles. The molecule has 0 atom stereocenters. The van der Waals surface area contributed by atoms with Crippen molar-refractivity contribution in [2.75, 3.05) is 5.75 Å². The van der Waals surface area contributed by atoms with E-state index in [0.29, 0.717) is 18.3 Å². The Balaban J connectivity index is 1.37. The summed E-state index contributed by atoms with van der Waals surface area (Å²) in [6.07, 6.45) is 12.5. The Hall–Kier alpha value is -2.93. The van der Waals surface area contributed by atoms with E-state index in [4.69, 9.17) is 0 Å². The van der Waals surface area contributed by atoms with Crippen LogP contribution in [0, 0.1) is 0 Å². The van der Waals surface area contributed by atoms with Gasteiger partial charge in [0.2, 0.25) is 5.91 Å². The molecule has 0 radical (unpaired) electrons. The maximum atomic E-state index is 13.2. The second-order valence-corrected chi connectivity index (χ2v) is 9.28. The number of thioether (sulfide) groups is 1. The van der Waals surface area contributed by atoms with Crippen molar-refractivity contribution in [3.63, 3.8) is 0 Å². The lowest BCUT2D eigenvalue weighted by Gasteiger charge is -2.27. The zero-order chi connectivity index (χ0) is 21.8. The van der Waals surface area contributed by atoms with E-state index in [2.05, 4.69) is 42.9 Å². The highest BCUT2D eigenvalue weighted by atomic mass is 32.2. The lowest BCUT2D eigenvalue weighted by molar-refractivity contribution is -0.127. The fraction of sp³-hybridized carbons (Fsp3) is 0.360. The molecule has 1 aromatic carbocycles. The molecule has 1 saturated carbocycles. The van der Waals surface area contributed by atoms with Crippen molar-refractivity contribution < 1.29 is 4.79 Å². The molecule has 32 heavy (non-hydrogen) atoms. The summed E-state index contributed by atoms with van der Waals surface area (Å²) in [6.45, 7) is 0.652. The molecule has 164 valence electrons. The number of allylic oxidation sites excluding steroid dienone is 2. The molecule has 2 heterocycles. The van der Waals surface area contributed by atoms with Crippen LogP contribution in [0.15, 0.2) is 71.8 Å². The summed E-state index contributed by atoms with van der Waals surface area (Å²) in [7, 11) is 0. The van der Waals surface area contributed by atoms with Crippen molar-refractivity contribution in [1.29, 1.82) is 0 Å². The molecule has 0 aliphatic heterocycles. The van der Waals surface area contributed by atoms with Gasteiger partial charge in [-0.3, -0.25) is 14.3 Å². The molecule has 2 aliphatic carbocycles. The standard InChI is InChI=1S/C25H27N5OS/c31-23(30(22-11-12-22)21-9-5-2-6-10-21)18-32-25-28-27-24(20-13-15-26-16-14-20)29(25)17-19-7-3-1-4-8-19/h1,3-4,7-9,13-16,22H,2,5-6,10-12,17-18H2. The van der Waals surface area contributed by atoms with E-state index in [-0.39, 0.29) is 5.91 Å². The van der Waals surface area contributed by atoms with Crippen LogP contribution < -0.4 is 0 Å². The average molecular weight is 446 g/mol. The van der Waals surface area contributed by atoms with E-state index in [9.17, 15) is 4.79 Å². The van der Waals surface area contributed by atoms with Crippen LogP contribution in [0.4, 0.5) is 0 Å². The van der Waals surface area contributed by atoms with Gasteiger partial charge >= 0.3 is 0 Å². The van der Waals surface area contributed by atoms with E-state index < -0.39 is 0 Å². The normalized spacial score (nSPS) is 15.9. The van der Waals surface area contributed by atoms with E-state index in [1.807, 2.05) is 30.3 Å². The minimum Gasteiger partial charge on any atom is -0.313 e. The molecule has 2 aliphatic rings. The van der Waals surface area contributed by atoms with E-state index in [1.54, 1.807) is 12.4 Å². The van der Waals surface area contributed by atoms with E-state index in [0.717, 1.165) is 42.2 Å². The number of amides is 1. The predicted octanol–water partition coefficient (Wildman–Crippen LogP) is 4.93. The Morgan fingerprint density at radius 2 is 1.88 bits per heavy atom. The molecule has 7 heteroatoms. The number of carbonyl (C=O) groups is 1. The Labute approximate surface area is 192 Å². The Morgan fingerprint density at radius 3 is 2.59 bits per heavy atom. The number of carbonyl (C=O) groups excluding carboxylic acids is 1. The molecule has 0 unspecified atom stereocenters. The highest BCUT2D eigenvalue weighted by Gasteiger charge is 2.35. The van der Waals surface area contributed by atoms with Gasteiger partial charge in [0.1, 0.15) is 0 Å². The fourth-order valence-corrected chi connectivity index (χ4v) is 4.98. The first-order valence-electron chi connectivity index (χ1n) is 11.3. The number of benzene rings is 1. The maximum Gasteiger partial charge on any atom is 0.237 e. The molecule has 3 aromatic rings. The number of nitrogens with zero attached hydrogens (tertiary/aromatic N) is 5. The van der Waals surface area contributed by atoms with Gasteiger partial charge < -0.3 is 4.90 Å². The van der Waals surface area contributed by atoms with Gasteiger partial charge in [0.25, 0.3) is 0 Å². The first-order valence-corrected chi connectivity index (χ1v) is 12.3. The zero-order valence-electron chi connectivity index (χ0n) is 18.1. The molecule has 0 N–H and O–H groups in total. The quantitative estimate of drug-likeness (QED) is 0.460. The van der Waals surface area contributed by atoms with Gasteiger partial charge in [0.05, 0.1) is 12.3 Å². The summed E-state index contributed by atoms with van der Waals surface area (Å²) in [5, 5.41) is 9.70. The van der Waals surface area contributed by atoms with Crippen molar-refractivity contribution in [2.45, 2.75) is 56.3 Å². The molecule has 1 fully saturated rings. The summed E-state index contributed by atoms with van der Waals surface area (Å²) in [5.74, 6) is 1.35. The Kier molecular flexibility index (Phi) is 6.34. The van der Waals surface area contributed by atoms with Gasteiger partial charge in [0, 0.05) is 29.7 Å². The molecule has 1 amide bonds. The lowest BCUT2D eigenvalue weighted by atomic mass is 10.0. The largest absolute Gasteiger partial charge is 0.313 e. The summed E-state index contributed by atoms with van der Waals surface area (Å²) >= 11 is 1.48. The third kappa shape index (κ3) is 4.78. The van der Waals surface area contributed by atoms with Crippen LogP contribution in [-0.2, 0) is 11.3 Å². The average Bonchev–Trinajstić information content (AvgIpc) is 3.60. The van der Waals surface area contributed by atoms with Crippen molar-refractivity contribution in [1.82, 2.24) is 24.6 Å². The second kappa shape index (κ2) is 9.69. The smallest absolute Gasteiger partial charge is 0.237 e. The maximum absolute atomic E-state index is 13.2. The van der Waals surface area contributed by atoms with Crippen LogP contribution in [0.5, 0.6) is 0 Å². The lowest BCUT2D eigenvalue weighted by Crippen LogP contribution is -2.34. The number of hydrogen-bond donors (Lipinski definition) is 0. The van der Waals surface area contributed by atoms with Crippen LogP contribution >= 0.6 is 11.8 Å². The molecule has 6 nitrogen and oxygen atoms in total. The zero-order valence-corrected chi connectivity index (χ0v) is 18.9. The van der Waals surface area contributed by atoms with Crippen LogP contribution in [0.1, 0.15) is 44.1 Å². The molecule has 0 saturated heterocycles. The van der Waals surface area contributed by atoms with Crippen LogP contribution in [0.2, 0.25) is 0 Å². The van der Waals surface area contributed by atoms with Gasteiger partial charge in [-0.15, -0.1) is 10.2 Å². The monoisotopic (exact) mass is 445 g/mol. The van der Waals surface area contributed by atoms with Gasteiger partial charge in [-0.2, -0.15) is 0 Å². The van der Waals surface area contributed by atoms with E-state index in [1.165, 1.54) is 35.9 Å². The van der Waals surface area contributed by atoms with Gasteiger partial charge in [-0.1, -0.05) is 48.2 Å². The topological polar surface area (TPSA) is 63.9 Å². The first-order chi connectivity index (χ1) is 15.8. The van der Waals surface area contributed by atoms with Crippen molar-refractivity contribution in [2.24, 2.45) is 0 Å². The van der Waals surface area contributed by atoms with Gasteiger partial charge in [-0.25, -0.2) is 0 Å². The van der Waals surface area contributed by atoms with Crippen molar-refractivity contribution >= 4 is 17.7 Å². The summed E-state index contributed by atoms with van der Waals surface area (Å²) in [4.78, 5) is 19.4. The molecular weight excluding hydrogens is 418 g/mol. The third-order valence-electron chi connectivity index (χ3n) is 5.92. The number of rotatable bonds is 8. The fourth-order valence-electron chi connectivity index (χ4n) is 4.19. The predicted molar refractivity (Wildman–Crippen MR) is 126 cm³/mol. The Bertz CT molecular complexity index is 1090. The molecule has 0 spiro atoms. The third-order valence-corrected chi connectivity index (χ3v) is 6.87.